The fourth-order valence-electron chi connectivity index (χ4n) is 1.82. The van der Waals surface area contributed by atoms with Crippen molar-refractivity contribution in [1.82, 2.24) is 5.06 Å². The van der Waals surface area contributed by atoms with Crippen LogP contribution >= 0.6 is 0 Å². The van der Waals surface area contributed by atoms with E-state index in [1.807, 2.05) is 19.1 Å². The summed E-state index contributed by atoms with van der Waals surface area (Å²) in [5.41, 5.74) is 8.05. The Morgan fingerprint density at radius 3 is 3.06 bits per heavy atom. The molecule has 1 aromatic rings. The highest BCUT2D eigenvalue weighted by Crippen LogP contribution is 2.22. The maximum Gasteiger partial charge on any atom is 0.241 e. The van der Waals surface area contributed by atoms with Crippen LogP contribution in [0, 0.1) is 6.92 Å². The van der Waals surface area contributed by atoms with Crippen LogP contribution in [0.2, 0.25) is 0 Å². The van der Waals surface area contributed by atoms with E-state index < -0.39 is 0 Å². The average Bonchev–Trinajstić information content (AvgIpc) is 2.76. The number of hydrogen-bond donors (Lipinski definition) is 2. The van der Waals surface area contributed by atoms with Gasteiger partial charge in [0.15, 0.2) is 0 Å². The third-order valence-electron chi connectivity index (χ3n) is 2.72. The molecule has 2 rings (SSSR count). The first-order valence-corrected chi connectivity index (χ1v) is 5.69. The van der Waals surface area contributed by atoms with Crippen LogP contribution < -0.4 is 11.1 Å². The summed E-state index contributed by atoms with van der Waals surface area (Å²) in [5.74, 6) is -0.104. The van der Waals surface area contributed by atoms with Gasteiger partial charge in [-0.05, 0) is 25.0 Å². The minimum absolute atomic E-state index is 0.104. The van der Waals surface area contributed by atoms with Gasteiger partial charge in [0.25, 0.3) is 0 Å². The van der Waals surface area contributed by atoms with E-state index in [1.54, 1.807) is 11.1 Å². The van der Waals surface area contributed by atoms with Crippen molar-refractivity contribution < 1.29 is 9.63 Å². The Bertz CT molecular complexity index is 394. The molecule has 0 spiro atoms. The minimum atomic E-state index is -0.104. The van der Waals surface area contributed by atoms with Gasteiger partial charge in [-0.2, -0.15) is 5.06 Å². The van der Waals surface area contributed by atoms with Crippen molar-refractivity contribution in [2.75, 3.05) is 30.7 Å². The van der Waals surface area contributed by atoms with Crippen molar-refractivity contribution in [1.29, 1.82) is 0 Å². The molecule has 0 bridgehead atoms. The van der Waals surface area contributed by atoms with E-state index in [0.29, 0.717) is 18.0 Å². The fourth-order valence-corrected chi connectivity index (χ4v) is 1.82. The summed E-state index contributed by atoms with van der Waals surface area (Å²) in [7, 11) is 0. The number of nitrogen functional groups attached to an aromatic ring is 1. The van der Waals surface area contributed by atoms with Crippen LogP contribution in [0.3, 0.4) is 0 Å². The molecule has 1 aliphatic heterocycles. The van der Waals surface area contributed by atoms with Crippen LogP contribution in [-0.2, 0) is 9.63 Å². The number of rotatable bonds is 3. The average molecular weight is 235 g/mol. The van der Waals surface area contributed by atoms with Gasteiger partial charge in [0.05, 0.1) is 18.0 Å². The van der Waals surface area contributed by atoms with Gasteiger partial charge in [0.1, 0.15) is 6.54 Å². The largest absolute Gasteiger partial charge is 0.397 e. The number of benzene rings is 1. The summed E-state index contributed by atoms with van der Waals surface area (Å²) in [5, 5.41) is 4.49. The Balaban J connectivity index is 1.97. The first kappa shape index (κ1) is 11.9. The molecule has 5 nitrogen and oxygen atoms in total. The van der Waals surface area contributed by atoms with E-state index in [4.69, 9.17) is 10.6 Å². The molecule has 5 heteroatoms. The summed E-state index contributed by atoms with van der Waals surface area (Å²) >= 11 is 0. The van der Waals surface area contributed by atoms with E-state index in [9.17, 15) is 4.79 Å². The van der Waals surface area contributed by atoms with Gasteiger partial charge in [-0.3, -0.25) is 9.63 Å². The van der Waals surface area contributed by atoms with Crippen LogP contribution in [0.25, 0.3) is 0 Å². The minimum Gasteiger partial charge on any atom is -0.397 e. The number of aryl methyl sites for hydroxylation is 1. The van der Waals surface area contributed by atoms with Gasteiger partial charge in [-0.25, -0.2) is 0 Å². The molecule has 17 heavy (non-hydrogen) atoms. The maximum atomic E-state index is 11.8. The lowest BCUT2D eigenvalue weighted by Gasteiger charge is -2.15. The molecule has 1 amide bonds. The molecule has 1 aliphatic rings. The Labute approximate surface area is 100 Å². The van der Waals surface area contributed by atoms with Gasteiger partial charge in [0, 0.05) is 6.54 Å². The molecule has 1 heterocycles. The first-order valence-electron chi connectivity index (χ1n) is 5.69. The van der Waals surface area contributed by atoms with Gasteiger partial charge < -0.3 is 11.1 Å². The molecule has 0 aromatic heterocycles. The molecular formula is C12H17N3O2. The number of hydroxylamine groups is 2. The third kappa shape index (κ3) is 2.95. The number of para-hydroxylation sites is 1. The zero-order valence-electron chi connectivity index (χ0n) is 9.90. The van der Waals surface area contributed by atoms with Gasteiger partial charge in [-0.15, -0.1) is 0 Å². The highest BCUT2D eigenvalue weighted by Gasteiger charge is 2.17. The van der Waals surface area contributed by atoms with Crippen molar-refractivity contribution >= 4 is 17.3 Å². The topological polar surface area (TPSA) is 67.6 Å². The van der Waals surface area contributed by atoms with Crippen LogP contribution in [-0.4, -0.2) is 30.7 Å². The molecule has 0 radical (unpaired) electrons. The summed E-state index contributed by atoms with van der Waals surface area (Å²) in [6, 6.07) is 5.55. The van der Waals surface area contributed by atoms with E-state index >= 15 is 0 Å². The Hall–Kier alpha value is -1.59. The Morgan fingerprint density at radius 2 is 2.41 bits per heavy atom. The molecule has 92 valence electrons. The van der Waals surface area contributed by atoms with E-state index in [-0.39, 0.29) is 12.5 Å². The van der Waals surface area contributed by atoms with Crippen molar-refractivity contribution in [3.05, 3.63) is 23.8 Å². The second-order valence-corrected chi connectivity index (χ2v) is 4.14. The lowest BCUT2D eigenvalue weighted by atomic mass is 10.1. The second-order valence-electron chi connectivity index (χ2n) is 4.14. The normalized spacial score (nSPS) is 16.1. The number of amides is 1. The quantitative estimate of drug-likeness (QED) is 0.771. The first-order chi connectivity index (χ1) is 8.16. The van der Waals surface area contributed by atoms with E-state index in [2.05, 4.69) is 5.32 Å². The molecule has 1 fully saturated rings. The van der Waals surface area contributed by atoms with Crippen molar-refractivity contribution in [3.63, 3.8) is 0 Å². The zero-order chi connectivity index (χ0) is 12.3. The zero-order valence-corrected chi connectivity index (χ0v) is 9.90. The second kappa shape index (κ2) is 5.16. The number of anilines is 2. The standard InChI is InChI=1S/C12H17N3O2/c1-9-4-2-5-10(13)12(9)14-11(16)8-15-6-3-7-17-15/h2,4-5H,3,6-8,13H2,1H3,(H,14,16). The number of carbonyl (C=O) groups excluding carboxylic acids is 1. The highest BCUT2D eigenvalue weighted by atomic mass is 16.7. The number of nitrogens with two attached hydrogens (primary N) is 1. The van der Waals surface area contributed by atoms with Crippen molar-refractivity contribution in [2.24, 2.45) is 0 Å². The van der Waals surface area contributed by atoms with Crippen LogP contribution in [0.5, 0.6) is 0 Å². The summed E-state index contributed by atoms with van der Waals surface area (Å²) in [6.45, 7) is 3.66. The van der Waals surface area contributed by atoms with Crippen molar-refractivity contribution in [3.8, 4) is 0 Å². The summed E-state index contributed by atoms with van der Waals surface area (Å²) < 4.78 is 0. The van der Waals surface area contributed by atoms with Crippen LogP contribution in [0.4, 0.5) is 11.4 Å². The predicted molar refractivity (Wildman–Crippen MR) is 66.4 cm³/mol. The molecule has 3 N–H and O–H groups in total. The monoisotopic (exact) mass is 235 g/mol. The van der Waals surface area contributed by atoms with E-state index in [0.717, 1.165) is 18.5 Å². The Kier molecular flexibility index (Phi) is 3.61. The molecule has 1 aromatic carbocycles. The lowest BCUT2D eigenvalue weighted by molar-refractivity contribution is -0.137. The van der Waals surface area contributed by atoms with Crippen LogP contribution in [0.15, 0.2) is 18.2 Å². The molecule has 0 atom stereocenters. The fraction of sp³-hybridized carbons (Fsp3) is 0.417. The number of nitrogens with one attached hydrogen (secondary N) is 1. The number of hydrogen-bond acceptors (Lipinski definition) is 4. The van der Waals surface area contributed by atoms with E-state index in [1.165, 1.54) is 0 Å². The predicted octanol–water partition coefficient (Wildman–Crippen LogP) is 1.15. The smallest absolute Gasteiger partial charge is 0.241 e. The number of nitrogens with zero attached hydrogens (tertiary/aromatic N) is 1. The molecule has 0 saturated carbocycles. The SMILES string of the molecule is Cc1cccc(N)c1NC(=O)CN1CCCO1. The maximum absolute atomic E-state index is 11.8. The molecule has 1 saturated heterocycles. The molecule has 0 unspecified atom stereocenters. The highest BCUT2D eigenvalue weighted by molar-refractivity contribution is 5.96. The van der Waals surface area contributed by atoms with Gasteiger partial charge >= 0.3 is 0 Å². The van der Waals surface area contributed by atoms with Gasteiger partial charge in [0.2, 0.25) is 5.91 Å². The summed E-state index contributed by atoms with van der Waals surface area (Å²) in [4.78, 5) is 17.0. The van der Waals surface area contributed by atoms with Crippen LogP contribution in [0.1, 0.15) is 12.0 Å². The molecular weight excluding hydrogens is 218 g/mol. The Morgan fingerprint density at radius 1 is 1.59 bits per heavy atom. The number of carbonyl (C=O) groups is 1. The summed E-state index contributed by atoms with van der Waals surface area (Å²) in [6.07, 6.45) is 0.972. The third-order valence-corrected chi connectivity index (χ3v) is 2.72. The lowest BCUT2D eigenvalue weighted by Crippen LogP contribution is -2.30. The van der Waals surface area contributed by atoms with Crippen molar-refractivity contribution in [2.45, 2.75) is 13.3 Å². The molecule has 0 aliphatic carbocycles. The van der Waals surface area contributed by atoms with Gasteiger partial charge in [-0.1, -0.05) is 12.1 Å².